The number of rotatable bonds is 4. The molecular formula is C13H8BrF4NO3S. The van der Waals surface area contributed by atoms with E-state index in [2.05, 4.69) is 20.7 Å². The first-order chi connectivity index (χ1) is 10.7. The van der Waals surface area contributed by atoms with Crippen LogP contribution in [0.1, 0.15) is 0 Å². The summed E-state index contributed by atoms with van der Waals surface area (Å²) in [6.07, 6.45) is 0. The quantitative estimate of drug-likeness (QED) is 0.471. The molecule has 10 heteroatoms. The van der Waals surface area contributed by atoms with Crippen LogP contribution in [0.25, 0.3) is 0 Å². The van der Waals surface area contributed by atoms with Crippen molar-refractivity contribution in [2.45, 2.75) is 4.90 Å². The summed E-state index contributed by atoms with van der Waals surface area (Å²) < 4.78 is 83.9. The predicted molar refractivity (Wildman–Crippen MR) is 77.8 cm³/mol. The second kappa shape index (κ2) is 6.36. The van der Waals surface area contributed by atoms with Crippen LogP contribution in [0.5, 0.6) is 5.75 Å². The van der Waals surface area contributed by atoms with Crippen molar-refractivity contribution in [3.63, 3.8) is 0 Å². The fourth-order valence-electron chi connectivity index (χ4n) is 1.69. The number of halogens is 5. The van der Waals surface area contributed by atoms with Gasteiger partial charge in [0, 0.05) is 6.07 Å². The van der Waals surface area contributed by atoms with Crippen LogP contribution in [0.4, 0.5) is 23.2 Å². The topological polar surface area (TPSA) is 55.4 Å². The lowest BCUT2D eigenvalue weighted by atomic mass is 10.3. The molecule has 0 aliphatic carbocycles. The smallest absolute Gasteiger partial charge is 0.264 e. The van der Waals surface area contributed by atoms with Gasteiger partial charge in [-0.3, -0.25) is 4.72 Å². The summed E-state index contributed by atoms with van der Waals surface area (Å²) in [5, 5.41) is 0. The Balaban J connectivity index is 2.46. The van der Waals surface area contributed by atoms with Crippen LogP contribution in [0.15, 0.2) is 33.6 Å². The molecule has 0 aliphatic rings. The van der Waals surface area contributed by atoms with Crippen molar-refractivity contribution in [3.05, 3.63) is 52.0 Å². The maximum atomic E-state index is 13.7. The van der Waals surface area contributed by atoms with Gasteiger partial charge >= 0.3 is 0 Å². The number of sulfonamides is 1. The second-order valence-electron chi connectivity index (χ2n) is 4.25. The molecule has 2 aromatic rings. The summed E-state index contributed by atoms with van der Waals surface area (Å²) in [6, 6.07) is 3.66. The minimum absolute atomic E-state index is 0.130. The van der Waals surface area contributed by atoms with E-state index < -0.39 is 42.7 Å². The van der Waals surface area contributed by atoms with Crippen molar-refractivity contribution in [1.29, 1.82) is 0 Å². The Hall–Kier alpha value is -1.81. The van der Waals surface area contributed by atoms with Crippen LogP contribution in [0, 0.1) is 23.3 Å². The van der Waals surface area contributed by atoms with Crippen molar-refractivity contribution < 1.29 is 30.7 Å². The van der Waals surface area contributed by atoms with Gasteiger partial charge in [-0.25, -0.2) is 26.0 Å². The summed E-state index contributed by atoms with van der Waals surface area (Å²) in [5.41, 5.74) is -0.247. The summed E-state index contributed by atoms with van der Waals surface area (Å²) in [4.78, 5) is -1.13. The monoisotopic (exact) mass is 413 g/mol. The van der Waals surface area contributed by atoms with Crippen molar-refractivity contribution in [2.75, 3.05) is 11.8 Å². The molecule has 0 spiro atoms. The van der Waals surface area contributed by atoms with E-state index in [0.717, 1.165) is 18.2 Å². The second-order valence-corrected chi connectivity index (χ2v) is 6.76. The van der Waals surface area contributed by atoms with Crippen LogP contribution >= 0.6 is 15.9 Å². The van der Waals surface area contributed by atoms with Gasteiger partial charge in [0.15, 0.2) is 29.0 Å². The number of methoxy groups -OCH3 is 1. The Morgan fingerprint density at radius 3 is 2.26 bits per heavy atom. The molecular weight excluding hydrogens is 406 g/mol. The normalized spacial score (nSPS) is 11.4. The zero-order valence-electron chi connectivity index (χ0n) is 11.3. The van der Waals surface area contributed by atoms with Crippen LogP contribution < -0.4 is 9.46 Å². The molecule has 0 saturated carbocycles. The molecule has 23 heavy (non-hydrogen) atoms. The SMILES string of the molecule is COc1ccc(NS(=O)(=O)c2cc(Br)c(F)c(F)c2F)cc1F. The Morgan fingerprint density at radius 1 is 1.04 bits per heavy atom. The Kier molecular flexibility index (Phi) is 4.85. The van der Waals surface area contributed by atoms with Gasteiger partial charge in [0.05, 0.1) is 17.3 Å². The van der Waals surface area contributed by atoms with E-state index in [4.69, 9.17) is 0 Å². The summed E-state index contributed by atoms with van der Waals surface area (Å²) in [7, 11) is -3.39. The fraction of sp³-hybridized carbons (Fsp3) is 0.0769. The number of nitrogens with one attached hydrogen (secondary N) is 1. The maximum Gasteiger partial charge on any atom is 0.264 e. The molecule has 0 fully saturated rings. The highest BCUT2D eigenvalue weighted by molar-refractivity contribution is 9.10. The van der Waals surface area contributed by atoms with Crippen LogP contribution in [0.3, 0.4) is 0 Å². The Morgan fingerprint density at radius 2 is 1.70 bits per heavy atom. The molecule has 2 rings (SSSR count). The van der Waals surface area contributed by atoms with E-state index >= 15 is 0 Å². The van der Waals surface area contributed by atoms with Crippen molar-refractivity contribution in [2.24, 2.45) is 0 Å². The zero-order valence-corrected chi connectivity index (χ0v) is 13.7. The first-order valence-electron chi connectivity index (χ1n) is 5.86. The van der Waals surface area contributed by atoms with Crippen LogP contribution in [-0.2, 0) is 10.0 Å². The summed E-state index contributed by atoms with van der Waals surface area (Å²) in [6.45, 7) is 0. The minimum atomic E-state index is -4.61. The Bertz CT molecular complexity index is 874. The van der Waals surface area contributed by atoms with Crippen molar-refractivity contribution >= 4 is 31.6 Å². The largest absolute Gasteiger partial charge is 0.494 e. The molecule has 1 N–H and O–H groups in total. The molecule has 0 unspecified atom stereocenters. The van der Waals surface area contributed by atoms with E-state index in [-0.39, 0.29) is 11.4 Å². The molecule has 0 aromatic heterocycles. The highest BCUT2D eigenvalue weighted by Gasteiger charge is 2.26. The zero-order chi connectivity index (χ0) is 17.4. The molecule has 2 aromatic carbocycles. The van der Waals surface area contributed by atoms with Gasteiger partial charge in [0.25, 0.3) is 10.0 Å². The number of hydrogen-bond acceptors (Lipinski definition) is 3. The Labute approximate surface area is 137 Å². The van der Waals surface area contributed by atoms with Gasteiger partial charge in [-0.2, -0.15) is 0 Å². The number of anilines is 1. The lowest BCUT2D eigenvalue weighted by molar-refractivity contribution is 0.386. The number of ether oxygens (including phenoxy) is 1. The highest BCUT2D eigenvalue weighted by Crippen LogP contribution is 2.29. The van der Waals surface area contributed by atoms with Gasteiger partial charge < -0.3 is 4.74 Å². The third kappa shape index (κ3) is 3.42. The van der Waals surface area contributed by atoms with Crippen LogP contribution in [-0.4, -0.2) is 15.5 Å². The van der Waals surface area contributed by atoms with E-state index in [1.807, 2.05) is 4.72 Å². The average molecular weight is 414 g/mol. The van der Waals surface area contributed by atoms with E-state index in [1.165, 1.54) is 7.11 Å². The lowest BCUT2D eigenvalue weighted by Gasteiger charge is -2.11. The summed E-state index contributed by atoms with van der Waals surface area (Å²) in [5.74, 6) is -6.38. The molecule has 0 saturated heterocycles. The fourth-order valence-corrected chi connectivity index (χ4v) is 3.39. The van der Waals surface area contributed by atoms with E-state index in [1.54, 1.807) is 0 Å². The van der Waals surface area contributed by atoms with E-state index in [9.17, 15) is 26.0 Å². The highest BCUT2D eigenvalue weighted by atomic mass is 79.9. The van der Waals surface area contributed by atoms with Gasteiger partial charge in [-0.1, -0.05) is 0 Å². The third-order valence-electron chi connectivity index (χ3n) is 2.76. The molecule has 0 bridgehead atoms. The first kappa shape index (κ1) is 17.5. The molecule has 0 aliphatic heterocycles. The predicted octanol–water partition coefficient (Wildman–Crippen LogP) is 3.81. The van der Waals surface area contributed by atoms with E-state index in [0.29, 0.717) is 6.07 Å². The molecule has 0 amide bonds. The van der Waals surface area contributed by atoms with Gasteiger partial charge in [0.2, 0.25) is 0 Å². The number of benzene rings is 2. The lowest BCUT2D eigenvalue weighted by Crippen LogP contribution is -2.16. The molecule has 124 valence electrons. The van der Waals surface area contributed by atoms with Gasteiger partial charge in [0.1, 0.15) is 4.90 Å². The molecule has 0 heterocycles. The molecule has 0 radical (unpaired) electrons. The van der Waals surface area contributed by atoms with Crippen molar-refractivity contribution in [3.8, 4) is 5.75 Å². The number of hydrogen-bond donors (Lipinski definition) is 1. The first-order valence-corrected chi connectivity index (χ1v) is 8.14. The molecule has 4 nitrogen and oxygen atoms in total. The minimum Gasteiger partial charge on any atom is -0.494 e. The van der Waals surface area contributed by atoms with Gasteiger partial charge in [-0.15, -0.1) is 0 Å². The standard InChI is InChI=1S/C13H8BrF4NO3S/c1-22-9-3-2-6(4-8(9)15)19-23(20,21)10-5-7(14)11(16)13(18)12(10)17/h2-5,19H,1H3. The third-order valence-corrected chi connectivity index (χ3v) is 4.72. The summed E-state index contributed by atoms with van der Waals surface area (Å²) >= 11 is 2.59. The van der Waals surface area contributed by atoms with Crippen molar-refractivity contribution in [1.82, 2.24) is 0 Å². The van der Waals surface area contributed by atoms with Gasteiger partial charge in [-0.05, 0) is 34.1 Å². The average Bonchev–Trinajstić information content (AvgIpc) is 2.48. The maximum absolute atomic E-state index is 13.7. The van der Waals surface area contributed by atoms with Crippen LogP contribution in [0.2, 0.25) is 0 Å². The molecule has 0 atom stereocenters.